The average molecular weight is 402 g/mol. The minimum atomic E-state index is -0.515. The molecule has 1 aliphatic heterocycles. The van der Waals surface area contributed by atoms with Crippen LogP contribution in [0.3, 0.4) is 0 Å². The van der Waals surface area contributed by atoms with Gasteiger partial charge in [-0.2, -0.15) is 0 Å². The van der Waals surface area contributed by atoms with Gasteiger partial charge in [0.15, 0.2) is 0 Å². The topological polar surface area (TPSA) is 45.7 Å². The van der Waals surface area contributed by atoms with Crippen molar-refractivity contribution < 1.29 is 9.53 Å². The van der Waals surface area contributed by atoms with E-state index < -0.39 is 5.60 Å². The van der Waals surface area contributed by atoms with Crippen LogP contribution in [0.2, 0.25) is 0 Å². The van der Waals surface area contributed by atoms with Crippen LogP contribution in [-0.4, -0.2) is 47.1 Å². The van der Waals surface area contributed by atoms with Crippen LogP contribution < -0.4 is 0 Å². The standard InChI is InChI=1S/C22H31N3O2S/c1-14-8-10-18(25(13-14)21(26)27-22(3,4)5)16-9-11-19-17(12-16)23-20(28-19)15(2)24(6)7/h9-12,14-15H,8,13H2,1-7H3. The number of fused-ring (bicyclic) bond motifs is 1. The summed E-state index contributed by atoms with van der Waals surface area (Å²) >= 11 is 1.73. The summed E-state index contributed by atoms with van der Waals surface area (Å²) in [6.45, 7) is 10.7. The van der Waals surface area contributed by atoms with E-state index in [2.05, 4.69) is 57.1 Å². The summed E-state index contributed by atoms with van der Waals surface area (Å²) in [5.41, 5.74) is 2.40. The summed E-state index contributed by atoms with van der Waals surface area (Å²) in [6.07, 6.45) is 2.81. The van der Waals surface area contributed by atoms with Crippen molar-refractivity contribution in [1.82, 2.24) is 14.8 Å². The molecule has 0 N–H and O–H groups in total. The van der Waals surface area contributed by atoms with Gasteiger partial charge in [-0.3, -0.25) is 4.90 Å². The Morgan fingerprint density at radius 2 is 2.07 bits per heavy atom. The van der Waals surface area contributed by atoms with Crippen LogP contribution in [0.15, 0.2) is 24.3 Å². The monoisotopic (exact) mass is 401 g/mol. The Balaban J connectivity index is 1.95. The first-order valence-corrected chi connectivity index (χ1v) is 10.6. The number of nitrogens with zero attached hydrogens (tertiary/aromatic N) is 3. The maximum absolute atomic E-state index is 12.8. The molecule has 152 valence electrons. The summed E-state index contributed by atoms with van der Waals surface area (Å²) in [7, 11) is 4.13. The quantitative estimate of drug-likeness (QED) is 0.678. The minimum Gasteiger partial charge on any atom is -0.443 e. The van der Waals surface area contributed by atoms with E-state index in [-0.39, 0.29) is 12.1 Å². The number of carbonyl (C=O) groups is 1. The number of carbonyl (C=O) groups excluding carboxylic acids is 1. The molecule has 0 saturated heterocycles. The number of amides is 1. The maximum Gasteiger partial charge on any atom is 0.414 e. The second-order valence-corrected chi connectivity index (χ2v) is 9.96. The summed E-state index contributed by atoms with van der Waals surface area (Å²) in [6, 6.07) is 6.56. The SMILES string of the molecule is CC1CC=C(c2ccc3sc(C(C)N(C)C)nc3c2)N(C(=O)OC(C)(C)C)C1. The molecule has 0 fully saturated rings. The van der Waals surface area contributed by atoms with Gasteiger partial charge in [-0.25, -0.2) is 9.78 Å². The minimum absolute atomic E-state index is 0.272. The van der Waals surface area contributed by atoms with E-state index in [1.54, 1.807) is 16.2 Å². The van der Waals surface area contributed by atoms with Gasteiger partial charge in [-0.05, 0) is 66.3 Å². The van der Waals surface area contributed by atoms with E-state index in [1.807, 2.05) is 20.8 Å². The van der Waals surface area contributed by atoms with E-state index in [1.165, 1.54) is 4.70 Å². The van der Waals surface area contributed by atoms with Gasteiger partial charge in [0.2, 0.25) is 0 Å². The summed E-state index contributed by atoms with van der Waals surface area (Å²) in [4.78, 5) is 21.6. The van der Waals surface area contributed by atoms with Crippen LogP contribution in [-0.2, 0) is 4.74 Å². The molecule has 2 unspecified atom stereocenters. The molecule has 2 aromatic rings. The molecule has 0 bridgehead atoms. The summed E-state index contributed by atoms with van der Waals surface area (Å²) in [5, 5.41) is 1.10. The van der Waals surface area contributed by atoms with E-state index in [0.29, 0.717) is 12.5 Å². The first kappa shape index (κ1) is 20.8. The largest absolute Gasteiger partial charge is 0.443 e. The zero-order valence-electron chi connectivity index (χ0n) is 17.9. The molecule has 0 radical (unpaired) electrons. The van der Waals surface area contributed by atoms with Crippen molar-refractivity contribution >= 4 is 33.3 Å². The second-order valence-electron chi connectivity index (χ2n) is 8.90. The third-order valence-electron chi connectivity index (χ3n) is 4.94. The lowest BCUT2D eigenvalue weighted by atomic mass is 9.98. The first-order chi connectivity index (χ1) is 13.0. The Kier molecular flexibility index (Phi) is 5.82. The van der Waals surface area contributed by atoms with Crippen LogP contribution in [0.25, 0.3) is 15.9 Å². The number of aromatic nitrogens is 1. The van der Waals surface area contributed by atoms with Crippen LogP contribution in [0.4, 0.5) is 4.79 Å². The van der Waals surface area contributed by atoms with Crippen LogP contribution in [0.1, 0.15) is 57.7 Å². The van der Waals surface area contributed by atoms with Crippen molar-refractivity contribution in [3.05, 3.63) is 34.8 Å². The smallest absolute Gasteiger partial charge is 0.414 e. The Labute approximate surface area is 172 Å². The molecule has 2 atom stereocenters. The highest BCUT2D eigenvalue weighted by Gasteiger charge is 2.29. The molecule has 1 aromatic heterocycles. The Hall–Kier alpha value is -1.92. The number of hydrogen-bond donors (Lipinski definition) is 0. The van der Waals surface area contributed by atoms with Crippen molar-refractivity contribution in [2.75, 3.05) is 20.6 Å². The van der Waals surface area contributed by atoms with Crippen molar-refractivity contribution in [1.29, 1.82) is 0 Å². The fraction of sp³-hybridized carbons (Fsp3) is 0.545. The Bertz CT molecular complexity index is 895. The lowest BCUT2D eigenvalue weighted by molar-refractivity contribution is 0.0327. The second kappa shape index (κ2) is 7.84. The fourth-order valence-corrected chi connectivity index (χ4v) is 4.27. The van der Waals surface area contributed by atoms with Gasteiger partial charge in [0.25, 0.3) is 0 Å². The molecule has 28 heavy (non-hydrogen) atoms. The highest BCUT2D eigenvalue weighted by Crippen LogP contribution is 2.33. The van der Waals surface area contributed by atoms with Crippen molar-refractivity contribution in [2.45, 2.75) is 52.7 Å². The van der Waals surface area contributed by atoms with Gasteiger partial charge in [0, 0.05) is 12.1 Å². The molecular weight excluding hydrogens is 370 g/mol. The van der Waals surface area contributed by atoms with Gasteiger partial charge in [0.05, 0.1) is 22.0 Å². The van der Waals surface area contributed by atoms with E-state index >= 15 is 0 Å². The van der Waals surface area contributed by atoms with Crippen molar-refractivity contribution in [3.8, 4) is 0 Å². The molecule has 1 amide bonds. The molecule has 1 aromatic carbocycles. The summed E-state index contributed by atoms with van der Waals surface area (Å²) < 4.78 is 6.82. The maximum atomic E-state index is 12.8. The molecule has 0 aliphatic carbocycles. The van der Waals surface area contributed by atoms with Gasteiger partial charge in [0.1, 0.15) is 10.6 Å². The molecule has 5 nitrogen and oxygen atoms in total. The van der Waals surface area contributed by atoms with Crippen LogP contribution in [0, 0.1) is 5.92 Å². The zero-order valence-corrected chi connectivity index (χ0v) is 18.8. The van der Waals surface area contributed by atoms with Gasteiger partial charge in [-0.15, -0.1) is 11.3 Å². The van der Waals surface area contributed by atoms with Crippen LogP contribution >= 0.6 is 11.3 Å². The van der Waals surface area contributed by atoms with Crippen molar-refractivity contribution in [2.24, 2.45) is 5.92 Å². The van der Waals surface area contributed by atoms with E-state index in [0.717, 1.165) is 28.2 Å². The predicted octanol–water partition coefficient (Wildman–Crippen LogP) is 5.54. The Morgan fingerprint density at radius 1 is 1.36 bits per heavy atom. The third-order valence-corrected chi connectivity index (χ3v) is 6.15. The molecule has 1 aliphatic rings. The molecule has 0 saturated carbocycles. The molecule has 2 heterocycles. The molecule has 0 spiro atoms. The zero-order chi connectivity index (χ0) is 20.6. The fourth-order valence-electron chi connectivity index (χ4n) is 3.18. The third kappa shape index (κ3) is 4.55. The Morgan fingerprint density at radius 3 is 2.71 bits per heavy atom. The molecular formula is C22H31N3O2S. The number of allylic oxidation sites excluding steroid dienone is 1. The lowest BCUT2D eigenvalue weighted by Gasteiger charge is -2.33. The normalized spacial score (nSPS) is 19.1. The van der Waals surface area contributed by atoms with Crippen molar-refractivity contribution in [3.63, 3.8) is 0 Å². The van der Waals surface area contributed by atoms with Gasteiger partial charge >= 0.3 is 6.09 Å². The number of rotatable bonds is 3. The van der Waals surface area contributed by atoms with E-state index in [4.69, 9.17) is 9.72 Å². The molecule has 6 heteroatoms. The molecule has 3 rings (SSSR count). The number of hydrogen-bond acceptors (Lipinski definition) is 5. The number of benzene rings is 1. The predicted molar refractivity (Wildman–Crippen MR) is 116 cm³/mol. The average Bonchev–Trinajstić information content (AvgIpc) is 3.02. The van der Waals surface area contributed by atoms with E-state index in [9.17, 15) is 4.79 Å². The number of thiazole rings is 1. The first-order valence-electron chi connectivity index (χ1n) is 9.83. The highest BCUT2D eigenvalue weighted by atomic mass is 32.1. The van der Waals surface area contributed by atoms with Crippen LogP contribution in [0.5, 0.6) is 0 Å². The summed E-state index contributed by atoms with van der Waals surface area (Å²) in [5.74, 6) is 0.409. The van der Waals surface area contributed by atoms with Gasteiger partial charge < -0.3 is 9.64 Å². The van der Waals surface area contributed by atoms with Gasteiger partial charge in [-0.1, -0.05) is 19.1 Å². The lowest BCUT2D eigenvalue weighted by Crippen LogP contribution is -2.39. The number of ether oxygens (including phenoxy) is 1. The highest BCUT2D eigenvalue weighted by molar-refractivity contribution is 7.18.